The van der Waals surface area contributed by atoms with E-state index in [4.69, 9.17) is 13.0 Å². The number of halogens is 3. The van der Waals surface area contributed by atoms with Crippen LogP contribution in [0.2, 0.25) is 0 Å². The Bertz CT molecular complexity index is 223. The molecular formula is C4H11F3N2O3S. The molecule has 0 bridgehead atoms. The van der Waals surface area contributed by atoms with E-state index >= 15 is 0 Å². The number of hydrazine groups is 1. The van der Waals surface area contributed by atoms with Crippen LogP contribution in [0.25, 0.3) is 0 Å². The van der Waals surface area contributed by atoms with Gasteiger partial charge in [0.05, 0.1) is 0 Å². The molecule has 9 heteroatoms. The zero-order chi connectivity index (χ0) is 11.3. The summed E-state index contributed by atoms with van der Waals surface area (Å²) in [6.45, 7) is 0. The van der Waals surface area contributed by atoms with Gasteiger partial charge < -0.3 is 0 Å². The van der Waals surface area contributed by atoms with Gasteiger partial charge in [-0.3, -0.25) is 15.0 Å². The van der Waals surface area contributed by atoms with Crippen molar-refractivity contribution in [3.8, 4) is 0 Å². The van der Waals surface area contributed by atoms with Crippen molar-refractivity contribution in [3.05, 3.63) is 0 Å². The van der Waals surface area contributed by atoms with E-state index in [9.17, 15) is 13.2 Å². The maximum atomic E-state index is 10.7. The Kier molecular flexibility index (Phi) is 6.24. The molecule has 0 aliphatic rings. The lowest BCUT2D eigenvalue weighted by molar-refractivity contribution is -0.0510. The van der Waals surface area contributed by atoms with Crippen molar-refractivity contribution >= 4 is 10.1 Å². The van der Waals surface area contributed by atoms with Crippen molar-refractivity contribution in [2.45, 2.75) is 5.51 Å². The normalized spacial score (nSPS) is 12.3. The summed E-state index contributed by atoms with van der Waals surface area (Å²) in [5.41, 5.74) is -2.67. The van der Waals surface area contributed by atoms with E-state index in [0.29, 0.717) is 0 Å². The summed E-state index contributed by atoms with van der Waals surface area (Å²) >= 11 is 0. The van der Waals surface area contributed by atoms with Crippen LogP contribution in [0.5, 0.6) is 0 Å². The van der Waals surface area contributed by atoms with Crippen LogP contribution < -0.4 is 5.43 Å². The second kappa shape index (κ2) is 5.37. The minimum Gasteiger partial charge on any atom is -0.279 e. The van der Waals surface area contributed by atoms with Gasteiger partial charge in [-0.25, -0.2) is 0 Å². The van der Waals surface area contributed by atoms with Crippen LogP contribution in [0.4, 0.5) is 13.2 Å². The van der Waals surface area contributed by atoms with Gasteiger partial charge in [-0.15, -0.1) is 0 Å². The molecule has 0 aliphatic carbocycles. The second-order valence-electron chi connectivity index (χ2n) is 2.04. The summed E-state index contributed by atoms with van der Waals surface area (Å²) in [5, 5.41) is 1.88. The first-order chi connectivity index (χ1) is 5.52. The number of hydrogen-bond acceptors (Lipinski definition) is 4. The van der Waals surface area contributed by atoms with E-state index in [1.165, 1.54) is 0 Å². The highest BCUT2D eigenvalue weighted by Gasteiger charge is 2.44. The molecule has 82 valence electrons. The molecule has 0 radical (unpaired) electrons. The van der Waals surface area contributed by atoms with Crippen molar-refractivity contribution < 1.29 is 26.1 Å². The second-order valence-corrected chi connectivity index (χ2v) is 3.45. The molecule has 0 spiro atoms. The topological polar surface area (TPSA) is 69.6 Å². The first-order valence-corrected chi connectivity index (χ1v) is 4.35. The van der Waals surface area contributed by atoms with Gasteiger partial charge in [-0.2, -0.15) is 21.6 Å². The Morgan fingerprint density at radius 3 is 1.46 bits per heavy atom. The SMILES string of the molecule is CNN(C)C.O=S(=O)(O)C(F)(F)F. The van der Waals surface area contributed by atoms with Gasteiger partial charge in [0.2, 0.25) is 0 Å². The fourth-order valence-electron chi connectivity index (χ4n) is 0. The molecule has 0 amide bonds. The van der Waals surface area contributed by atoms with Crippen molar-refractivity contribution in [3.63, 3.8) is 0 Å². The van der Waals surface area contributed by atoms with Crippen LogP contribution in [-0.2, 0) is 10.1 Å². The summed E-state index contributed by atoms with van der Waals surface area (Å²) in [6.07, 6.45) is 0. The molecule has 0 atom stereocenters. The Labute approximate surface area is 74.2 Å². The summed E-state index contributed by atoms with van der Waals surface area (Å²) in [5.74, 6) is 0. The van der Waals surface area contributed by atoms with Crippen LogP contribution in [0.15, 0.2) is 0 Å². The Morgan fingerprint density at radius 2 is 1.46 bits per heavy atom. The van der Waals surface area contributed by atoms with Gasteiger partial charge in [0.15, 0.2) is 0 Å². The maximum absolute atomic E-state index is 10.7. The molecule has 0 heterocycles. The van der Waals surface area contributed by atoms with Crippen LogP contribution in [0.1, 0.15) is 0 Å². The standard InChI is InChI=1S/C3H10N2.CHF3O3S/c1-4-5(2)3;2-1(3,4)8(5,6)7/h4H,1-3H3;(H,5,6,7). The zero-order valence-electron chi connectivity index (χ0n) is 7.25. The monoisotopic (exact) mass is 224 g/mol. The van der Waals surface area contributed by atoms with Gasteiger partial charge in [0, 0.05) is 14.1 Å². The summed E-state index contributed by atoms with van der Waals surface area (Å²) in [7, 11) is -0.0764. The van der Waals surface area contributed by atoms with Crippen molar-refractivity contribution in [1.29, 1.82) is 0 Å². The van der Waals surface area contributed by atoms with Gasteiger partial charge >= 0.3 is 15.6 Å². The third kappa shape index (κ3) is 9.53. The highest BCUT2D eigenvalue weighted by molar-refractivity contribution is 7.86. The highest BCUT2D eigenvalue weighted by Crippen LogP contribution is 2.20. The molecule has 5 nitrogen and oxygen atoms in total. The molecule has 0 fully saturated rings. The summed E-state index contributed by atoms with van der Waals surface area (Å²) in [6, 6.07) is 0. The van der Waals surface area contributed by atoms with E-state index in [2.05, 4.69) is 5.43 Å². The quantitative estimate of drug-likeness (QED) is 0.375. The van der Waals surface area contributed by atoms with Crippen molar-refractivity contribution in [1.82, 2.24) is 10.4 Å². The summed E-state index contributed by atoms with van der Waals surface area (Å²) < 4.78 is 57.5. The molecule has 0 saturated carbocycles. The van der Waals surface area contributed by atoms with E-state index in [-0.39, 0.29) is 0 Å². The molecule has 0 saturated heterocycles. The van der Waals surface area contributed by atoms with Crippen molar-refractivity contribution in [2.24, 2.45) is 0 Å². The molecule has 0 aromatic rings. The number of hydrogen-bond donors (Lipinski definition) is 2. The first kappa shape index (κ1) is 15.1. The zero-order valence-corrected chi connectivity index (χ0v) is 8.07. The number of nitrogens with zero attached hydrogens (tertiary/aromatic N) is 1. The highest BCUT2D eigenvalue weighted by atomic mass is 32.2. The molecule has 0 unspecified atom stereocenters. The number of rotatable bonds is 1. The van der Waals surface area contributed by atoms with Gasteiger partial charge in [-0.1, -0.05) is 0 Å². The van der Waals surface area contributed by atoms with Crippen LogP contribution in [-0.4, -0.2) is 44.6 Å². The lowest BCUT2D eigenvalue weighted by Crippen LogP contribution is -2.25. The first-order valence-electron chi connectivity index (χ1n) is 2.91. The van der Waals surface area contributed by atoms with Crippen LogP contribution in [0.3, 0.4) is 0 Å². The van der Waals surface area contributed by atoms with Crippen LogP contribution >= 0.6 is 0 Å². The van der Waals surface area contributed by atoms with E-state index in [0.717, 1.165) is 0 Å². The Hall–Kier alpha value is -0.380. The Morgan fingerprint density at radius 1 is 1.31 bits per heavy atom. The van der Waals surface area contributed by atoms with Crippen molar-refractivity contribution in [2.75, 3.05) is 21.1 Å². The van der Waals surface area contributed by atoms with Crippen LogP contribution in [0, 0.1) is 0 Å². The van der Waals surface area contributed by atoms with Gasteiger partial charge in [0.25, 0.3) is 0 Å². The number of nitrogens with one attached hydrogen (secondary N) is 1. The van der Waals surface area contributed by atoms with Gasteiger partial charge in [0.1, 0.15) is 0 Å². The largest absolute Gasteiger partial charge is 0.522 e. The lowest BCUT2D eigenvalue weighted by atomic mass is 11.1. The molecule has 0 aromatic carbocycles. The smallest absolute Gasteiger partial charge is 0.279 e. The fourth-order valence-corrected chi connectivity index (χ4v) is 0. The third-order valence-corrected chi connectivity index (χ3v) is 1.32. The third-order valence-electron chi connectivity index (χ3n) is 0.740. The molecule has 0 aliphatic heterocycles. The minimum atomic E-state index is -5.84. The van der Waals surface area contributed by atoms with E-state index in [1.807, 2.05) is 26.2 Å². The average Bonchev–Trinajstić information content (AvgIpc) is 1.84. The predicted molar refractivity (Wildman–Crippen MR) is 40.4 cm³/mol. The molecular weight excluding hydrogens is 213 g/mol. The molecule has 13 heavy (non-hydrogen) atoms. The number of alkyl halides is 3. The molecule has 0 rings (SSSR count). The average molecular weight is 224 g/mol. The fraction of sp³-hybridized carbons (Fsp3) is 1.00. The van der Waals surface area contributed by atoms with Gasteiger partial charge in [-0.05, 0) is 7.05 Å². The minimum absolute atomic E-state index is 1.88. The Balaban J connectivity index is 0. The lowest BCUT2D eigenvalue weighted by Gasteiger charge is -2.02. The molecule has 2 N–H and O–H groups in total. The molecule has 0 aromatic heterocycles. The summed E-state index contributed by atoms with van der Waals surface area (Å²) in [4.78, 5) is 0. The van der Waals surface area contributed by atoms with E-state index in [1.54, 1.807) is 0 Å². The predicted octanol–water partition coefficient (Wildman–Crippen LogP) is 0.0764. The van der Waals surface area contributed by atoms with E-state index < -0.39 is 15.6 Å². The maximum Gasteiger partial charge on any atom is 0.522 e.